The van der Waals surface area contributed by atoms with Crippen LogP contribution in [0.2, 0.25) is 5.02 Å². The highest BCUT2D eigenvalue weighted by Gasteiger charge is 2.09. The van der Waals surface area contributed by atoms with E-state index in [0.29, 0.717) is 16.4 Å². The molecule has 0 saturated heterocycles. The maximum atomic E-state index is 13.1. The third-order valence-corrected chi connectivity index (χ3v) is 2.52. The van der Waals surface area contributed by atoms with Crippen molar-refractivity contribution in [3.63, 3.8) is 0 Å². The number of rotatable bonds is 2. The minimum atomic E-state index is -0.415. The molecule has 0 spiro atoms. The van der Waals surface area contributed by atoms with Crippen LogP contribution in [0.5, 0.6) is 6.01 Å². The van der Waals surface area contributed by atoms with Crippen LogP contribution in [-0.4, -0.2) is 22.1 Å². The van der Waals surface area contributed by atoms with Crippen LogP contribution in [0.1, 0.15) is 0 Å². The molecule has 0 aliphatic heterocycles. The van der Waals surface area contributed by atoms with E-state index in [2.05, 4.69) is 15.0 Å². The zero-order chi connectivity index (χ0) is 12.4. The number of nitrogens with zero attached hydrogens (tertiary/aromatic N) is 2. The van der Waals surface area contributed by atoms with Crippen LogP contribution < -0.4 is 4.74 Å². The highest BCUT2D eigenvalue weighted by Crippen LogP contribution is 2.26. The van der Waals surface area contributed by atoms with Crippen molar-refractivity contribution in [2.24, 2.45) is 0 Å². The highest BCUT2D eigenvalue weighted by molar-refractivity contribution is 7.71. The fourth-order valence-corrected chi connectivity index (χ4v) is 1.65. The van der Waals surface area contributed by atoms with Gasteiger partial charge in [-0.25, -0.2) is 9.37 Å². The molecule has 0 aliphatic carbocycles. The van der Waals surface area contributed by atoms with Crippen LogP contribution >= 0.6 is 23.8 Å². The molecule has 0 unspecified atom stereocenters. The molecule has 1 aromatic carbocycles. The van der Waals surface area contributed by atoms with Crippen LogP contribution in [0.4, 0.5) is 4.39 Å². The molecule has 0 radical (unpaired) electrons. The number of halogens is 2. The van der Waals surface area contributed by atoms with Gasteiger partial charge in [0.05, 0.1) is 12.1 Å². The number of hydrogen-bond acceptors (Lipinski definition) is 4. The molecule has 88 valence electrons. The number of nitrogens with one attached hydrogen (secondary N) is 1. The van der Waals surface area contributed by atoms with Gasteiger partial charge in [-0.1, -0.05) is 11.6 Å². The fraction of sp³-hybridized carbons (Fsp3) is 0.100. The monoisotopic (exact) mass is 271 g/mol. The summed E-state index contributed by atoms with van der Waals surface area (Å²) < 4.78 is 18.2. The van der Waals surface area contributed by atoms with Crippen LogP contribution in [-0.2, 0) is 0 Å². The Labute approximate surface area is 106 Å². The summed E-state index contributed by atoms with van der Waals surface area (Å²) in [5.74, 6) is -0.104. The Morgan fingerprint density at radius 3 is 2.88 bits per heavy atom. The summed E-state index contributed by atoms with van der Waals surface area (Å²) in [7, 11) is 1.44. The molecule has 0 saturated carbocycles. The van der Waals surface area contributed by atoms with Crippen molar-refractivity contribution in [3.05, 3.63) is 33.8 Å². The van der Waals surface area contributed by atoms with E-state index in [1.165, 1.54) is 25.3 Å². The van der Waals surface area contributed by atoms with Crippen molar-refractivity contribution in [2.45, 2.75) is 0 Å². The summed E-state index contributed by atoms with van der Waals surface area (Å²) in [6.07, 6.45) is 0. The van der Waals surface area contributed by atoms with Crippen molar-refractivity contribution in [1.29, 1.82) is 0 Å². The predicted molar refractivity (Wildman–Crippen MR) is 64.2 cm³/mol. The van der Waals surface area contributed by atoms with Gasteiger partial charge in [0.15, 0.2) is 0 Å². The van der Waals surface area contributed by atoms with Crippen LogP contribution in [0.15, 0.2) is 18.2 Å². The van der Waals surface area contributed by atoms with Crippen molar-refractivity contribution < 1.29 is 9.13 Å². The molecule has 0 atom stereocenters. The molecular weight excluding hydrogens is 265 g/mol. The summed E-state index contributed by atoms with van der Waals surface area (Å²) in [4.78, 5) is 10.5. The Balaban J connectivity index is 2.63. The maximum absolute atomic E-state index is 13.1. The molecule has 2 rings (SSSR count). The molecule has 0 bridgehead atoms. The van der Waals surface area contributed by atoms with Crippen molar-refractivity contribution in [2.75, 3.05) is 7.11 Å². The van der Waals surface area contributed by atoms with Gasteiger partial charge in [-0.05, 0) is 30.4 Å². The Morgan fingerprint density at radius 2 is 2.18 bits per heavy atom. The van der Waals surface area contributed by atoms with Gasteiger partial charge in [-0.15, -0.1) is 0 Å². The van der Waals surface area contributed by atoms with Gasteiger partial charge in [0.25, 0.3) is 6.01 Å². The Bertz CT molecular complexity index is 617. The zero-order valence-electron chi connectivity index (χ0n) is 8.70. The third-order valence-electron chi connectivity index (χ3n) is 2.01. The topological polar surface area (TPSA) is 50.8 Å². The van der Waals surface area contributed by atoms with Crippen molar-refractivity contribution in [1.82, 2.24) is 15.0 Å². The predicted octanol–water partition coefficient (Wildman–Crippen LogP) is 3.00. The lowest BCUT2D eigenvalue weighted by Gasteiger charge is -2.05. The smallest absolute Gasteiger partial charge is 0.297 e. The lowest BCUT2D eigenvalue weighted by atomic mass is 10.2. The molecule has 2 aromatic rings. The van der Waals surface area contributed by atoms with Gasteiger partial charge < -0.3 is 4.74 Å². The number of hydrogen-bond donors (Lipinski definition) is 1. The maximum Gasteiger partial charge on any atom is 0.297 e. The second-order valence-corrected chi connectivity index (χ2v) is 3.89. The number of aromatic nitrogens is 3. The molecule has 7 heteroatoms. The lowest BCUT2D eigenvalue weighted by molar-refractivity contribution is 0.378. The minimum Gasteiger partial charge on any atom is -0.468 e. The first-order valence-corrected chi connectivity index (χ1v) is 5.36. The van der Waals surface area contributed by atoms with E-state index in [0.717, 1.165) is 0 Å². The van der Waals surface area contributed by atoms with Gasteiger partial charge in [0, 0.05) is 5.56 Å². The number of ether oxygens (including phenoxy) is 1. The first-order valence-electron chi connectivity index (χ1n) is 4.58. The molecule has 1 aromatic heterocycles. The Hall–Kier alpha value is -1.53. The van der Waals surface area contributed by atoms with Gasteiger partial charge in [-0.3, -0.25) is 4.98 Å². The zero-order valence-corrected chi connectivity index (χ0v) is 10.3. The van der Waals surface area contributed by atoms with E-state index in [4.69, 9.17) is 28.6 Å². The Morgan fingerprint density at radius 1 is 1.41 bits per heavy atom. The van der Waals surface area contributed by atoms with E-state index in [1.807, 2.05) is 0 Å². The van der Waals surface area contributed by atoms with E-state index >= 15 is 0 Å². The van der Waals surface area contributed by atoms with E-state index < -0.39 is 5.82 Å². The van der Waals surface area contributed by atoms with Crippen molar-refractivity contribution >= 4 is 23.8 Å². The van der Waals surface area contributed by atoms with E-state index in [-0.39, 0.29) is 10.8 Å². The van der Waals surface area contributed by atoms with Crippen LogP contribution in [0, 0.1) is 10.6 Å². The van der Waals surface area contributed by atoms with Crippen LogP contribution in [0.25, 0.3) is 11.4 Å². The van der Waals surface area contributed by atoms with E-state index in [1.54, 1.807) is 0 Å². The first-order chi connectivity index (χ1) is 8.10. The second-order valence-electron chi connectivity index (χ2n) is 3.11. The molecule has 4 nitrogen and oxygen atoms in total. The molecule has 0 amide bonds. The van der Waals surface area contributed by atoms with Gasteiger partial charge in [-0.2, -0.15) is 4.98 Å². The molecule has 1 heterocycles. The average molecular weight is 272 g/mol. The minimum absolute atomic E-state index is 0.0935. The number of methoxy groups -OCH3 is 1. The van der Waals surface area contributed by atoms with Gasteiger partial charge in [0.1, 0.15) is 11.6 Å². The second kappa shape index (κ2) is 4.77. The number of benzene rings is 1. The van der Waals surface area contributed by atoms with Crippen LogP contribution in [0.3, 0.4) is 0 Å². The van der Waals surface area contributed by atoms with E-state index in [9.17, 15) is 4.39 Å². The standard InChI is InChI=1S/C10H7ClFN3OS/c1-16-9-13-8(14-10(17)15-9)6-4-5(12)2-3-7(6)11/h2-4H,1H3,(H,13,14,15,17). The first kappa shape index (κ1) is 11.9. The summed E-state index contributed by atoms with van der Waals surface area (Å²) in [5, 5.41) is 0.359. The summed E-state index contributed by atoms with van der Waals surface area (Å²) in [5.41, 5.74) is 0.401. The van der Waals surface area contributed by atoms with Crippen molar-refractivity contribution in [3.8, 4) is 17.4 Å². The SMILES string of the molecule is COc1nc(=S)nc(-c2cc(F)ccc2Cl)[nH]1. The number of aromatic amines is 1. The molecule has 17 heavy (non-hydrogen) atoms. The summed E-state index contributed by atoms with van der Waals surface area (Å²) in [6, 6.07) is 4.16. The third kappa shape index (κ3) is 2.59. The molecule has 1 N–H and O–H groups in total. The van der Waals surface area contributed by atoms with Gasteiger partial charge in [0.2, 0.25) is 4.77 Å². The summed E-state index contributed by atoms with van der Waals surface area (Å²) in [6.45, 7) is 0. The number of H-pyrrole nitrogens is 1. The summed E-state index contributed by atoms with van der Waals surface area (Å²) >= 11 is 10.8. The average Bonchev–Trinajstić information content (AvgIpc) is 2.31. The largest absolute Gasteiger partial charge is 0.468 e. The fourth-order valence-electron chi connectivity index (χ4n) is 1.27. The quantitative estimate of drug-likeness (QED) is 0.853. The molecule has 0 aliphatic rings. The normalized spacial score (nSPS) is 10.3. The highest BCUT2D eigenvalue weighted by atomic mass is 35.5. The Kier molecular flexibility index (Phi) is 3.35. The lowest BCUT2D eigenvalue weighted by Crippen LogP contribution is -1.98. The molecule has 0 fully saturated rings. The molecular formula is C10H7ClFN3OS. The van der Waals surface area contributed by atoms with Gasteiger partial charge >= 0.3 is 0 Å².